The van der Waals surface area contributed by atoms with Crippen molar-refractivity contribution in [3.63, 3.8) is 0 Å². The van der Waals surface area contributed by atoms with Gasteiger partial charge in [0.25, 0.3) is 5.91 Å². The molecule has 4 rings (SSSR count). The Kier molecular flexibility index (Phi) is 6.21. The third-order valence-corrected chi connectivity index (χ3v) is 7.58. The molecule has 1 saturated heterocycles. The van der Waals surface area contributed by atoms with E-state index in [1.807, 2.05) is 54.6 Å². The molecule has 0 unspecified atom stereocenters. The van der Waals surface area contributed by atoms with Crippen LogP contribution < -0.4 is 0 Å². The molecule has 7 heteroatoms. The lowest BCUT2D eigenvalue weighted by Gasteiger charge is -2.34. The minimum atomic E-state index is -3.67. The Hall–Kier alpha value is -3.29. The van der Waals surface area contributed by atoms with Crippen molar-refractivity contribution in [1.29, 1.82) is 0 Å². The van der Waals surface area contributed by atoms with Gasteiger partial charge in [-0.05, 0) is 42.3 Å². The average molecular weight is 449 g/mol. The van der Waals surface area contributed by atoms with Gasteiger partial charge >= 0.3 is 0 Å². The predicted molar refractivity (Wildman–Crippen MR) is 123 cm³/mol. The summed E-state index contributed by atoms with van der Waals surface area (Å²) in [6.07, 6.45) is 0. The molecule has 1 amide bonds. The summed E-state index contributed by atoms with van der Waals surface area (Å²) in [5, 5.41) is 0. The molecule has 1 aliphatic rings. The van der Waals surface area contributed by atoms with Crippen LogP contribution in [0.2, 0.25) is 0 Å². The van der Waals surface area contributed by atoms with Gasteiger partial charge in [0.2, 0.25) is 10.0 Å². The number of amides is 1. The summed E-state index contributed by atoms with van der Waals surface area (Å²) in [4.78, 5) is 26.2. The number of Topliss-reactive ketones (excluding diaryl/α,β-unsaturated/α-hetero) is 1. The average Bonchev–Trinajstić information content (AvgIpc) is 2.84. The van der Waals surface area contributed by atoms with Crippen LogP contribution in [0.1, 0.15) is 27.6 Å². The quantitative estimate of drug-likeness (QED) is 0.558. The Morgan fingerprint density at radius 2 is 1.22 bits per heavy atom. The van der Waals surface area contributed by atoms with Crippen LogP contribution in [0.25, 0.3) is 11.1 Å². The molecule has 0 saturated carbocycles. The maximum absolute atomic E-state index is 12.9. The van der Waals surface area contributed by atoms with Crippen molar-refractivity contribution in [2.75, 3.05) is 26.2 Å². The van der Waals surface area contributed by atoms with Crippen LogP contribution in [0.15, 0.2) is 83.8 Å². The molecule has 0 spiro atoms. The highest BCUT2D eigenvalue weighted by Gasteiger charge is 2.30. The molecule has 0 atom stereocenters. The van der Waals surface area contributed by atoms with Crippen molar-refractivity contribution < 1.29 is 18.0 Å². The zero-order valence-electron chi connectivity index (χ0n) is 17.8. The minimum absolute atomic E-state index is 0.104. The zero-order chi connectivity index (χ0) is 22.7. The van der Waals surface area contributed by atoms with Crippen molar-refractivity contribution in [2.24, 2.45) is 0 Å². The molecule has 0 aliphatic carbocycles. The van der Waals surface area contributed by atoms with Crippen LogP contribution >= 0.6 is 0 Å². The Morgan fingerprint density at radius 3 is 1.78 bits per heavy atom. The molecular weight excluding hydrogens is 424 g/mol. The predicted octanol–water partition coefficient (Wildman–Crippen LogP) is 3.70. The second-order valence-corrected chi connectivity index (χ2v) is 9.66. The largest absolute Gasteiger partial charge is 0.336 e. The van der Waals surface area contributed by atoms with Crippen LogP contribution in [-0.2, 0) is 10.0 Å². The number of rotatable bonds is 5. The van der Waals surface area contributed by atoms with E-state index in [1.54, 1.807) is 4.90 Å². The van der Waals surface area contributed by atoms with E-state index >= 15 is 0 Å². The summed E-state index contributed by atoms with van der Waals surface area (Å²) in [5.74, 6) is -0.217. The highest BCUT2D eigenvalue weighted by molar-refractivity contribution is 7.89. The number of hydrogen-bond acceptors (Lipinski definition) is 4. The number of carbonyl (C=O) groups excluding carboxylic acids is 2. The Morgan fingerprint density at radius 1 is 0.688 bits per heavy atom. The molecule has 32 heavy (non-hydrogen) atoms. The van der Waals surface area contributed by atoms with Crippen molar-refractivity contribution >= 4 is 21.7 Å². The lowest BCUT2D eigenvalue weighted by molar-refractivity contribution is 0.0698. The number of ketones is 1. The van der Waals surface area contributed by atoms with E-state index in [0.717, 1.165) is 11.1 Å². The van der Waals surface area contributed by atoms with Crippen LogP contribution in [0.4, 0.5) is 0 Å². The summed E-state index contributed by atoms with van der Waals surface area (Å²) in [5.41, 5.74) is 3.17. The van der Waals surface area contributed by atoms with Gasteiger partial charge in [-0.2, -0.15) is 4.31 Å². The Labute approximate surface area is 188 Å². The van der Waals surface area contributed by atoms with Crippen molar-refractivity contribution in [2.45, 2.75) is 11.8 Å². The first-order valence-electron chi connectivity index (χ1n) is 10.4. The van der Waals surface area contributed by atoms with E-state index in [9.17, 15) is 18.0 Å². The van der Waals surface area contributed by atoms with Crippen LogP contribution in [0.5, 0.6) is 0 Å². The topological polar surface area (TPSA) is 74.8 Å². The molecule has 0 aromatic heterocycles. The van der Waals surface area contributed by atoms with Crippen LogP contribution in [-0.4, -0.2) is 55.5 Å². The molecule has 164 valence electrons. The normalized spacial score (nSPS) is 14.8. The van der Waals surface area contributed by atoms with Gasteiger partial charge < -0.3 is 4.90 Å². The fraction of sp³-hybridized carbons (Fsp3) is 0.200. The van der Waals surface area contributed by atoms with Gasteiger partial charge in [0.1, 0.15) is 0 Å². The summed E-state index contributed by atoms with van der Waals surface area (Å²) in [7, 11) is -3.67. The van der Waals surface area contributed by atoms with Gasteiger partial charge in [-0.1, -0.05) is 54.6 Å². The van der Waals surface area contributed by atoms with Gasteiger partial charge in [-0.25, -0.2) is 8.42 Å². The van der Waals surface area contributed by atoms with E-state index in [0.29, 0.717) is 24.2 Å². The van der Waals surface area contributed by atoms with Gasteiger partial charge in [-0.15, -0.1) is 0 Å². The molecule has 0 radical (unpaired) electrons. The molecule has 0 N–H and O–H groups in total. The van der Waals surface area contributed by atoms with E-state index < -0.39 is 10.0 Å². The smallest absolute Gasteiger partial charge is 0.253 e. The molecule has 1 fully saturated rings. The third kappa shape index (κ3) is 4.49. The Bertz CT molecular complexity index is 1210. The molecule has 0 bridgehead atoms. The number of sulfonamides is 1. The molecule has 3 aromatic carbocycles. The summed E-state index contributed by atoms with van der Waals surface area (Å²) in [6, 6.07) is 23.4. The first kappa shape index (κ1) is 21.9. The van der Waals surface area contributed by atoms with Crippen molar-refractivity contribution in [3.8, 4) is 11.1 Å². The molecule has 3 aromatic rings. The van der Waals surface area contributed by atoms with Gasteiger partial charge in [-0.3, -0.25) is 9.59 Å². The van der Waals surface area contributed by atoms with Crippen LogP contribution in [0.3, 0.4) is 0 Å². The highest BCUT2D eigenvalue weighted by atomic mass is 32.2. The summed E-state index contributed by atoms with van der Waals surface area (Å²) in [6.45, 7) is 2.54. The fourth-order valence-electron chi connectivity index (χ4n) is 3.76. The highest BCUT2D eigenvalue weighted by Crippen LogP contribution is 2.22. The van der Waals surface area contributed by atoms with E-state index in [4.69, 9.17) is 0 Å². The van der Waals surface area contributed by atoms with Crippen molar-refractivity contribution in [1.82, 2.24) is 9.21 Å². The lowest BCUT2D eigenvalue weighted by atomic mass is 10.0. The third-order valence-electron chi connectivity index (χ3n) is 5.66. The van der Waals surface area contributed by atoms with Gasteiger partial charge in [0.05, 0.1) is 4.90 Å². The molecular formula is C25H24N2O4S. The monoisotopic (exact) mass is 448 g/mol. The standard InChI is InChI=1S/C25H24N2O4S/c1-19(28)20-11-13-24(14-12-20)32(30,31)27-17-15-26(16-18-27)25(29)23-9-7-22(8-10-23)21-5-3-2-4-6-21/h2-14H,15-18H2,1H3. The molecule has 1 heterocycles. The number of nitrogens with zero attached hydrogens (tertiary/aromatic N) is 2. The van der Waals surface area contributed by atoms with Crippen LogP contribution in [0, 0.1) is 0 Å². The summed E-state index contributed by atoms with van der Waals surface area (Å²) >= 11 is 0. The Balaban J connectivity index is 1.40. The second kappa shape index (κ2) is 9.06. The van der Waals surface area contributed by atoms with Gasteiger partial charge in [0.15, 0.2) is 5.78 Å². The van der Waals surface area contributed by atoms with E-state index in [2.05, 4.69) is 0 Å². The summed E-state index contributed by atoms with van der Waals surface area (Å²) < 4.78 is 27.2. The first-order chi connectivity index (χ1) is 15.4. The molecule has 6 nitrogen and oxygen atoms in total. The maximum atomic E-state index is 12.9. The van der Waals surface area contributed by atoms with Gasteiger partial charge in [0, 0.05) is 37.3 Å². The van der Waals surface area contributed by atoms with E-state index in [1.165, 1.54) is 35.5 Å². The van der Waals surface area contributed by atoms with E-state index in [-0.39, 0.29) is 29.7 Å². The van der Waals surface area contributed by atoms with Crippen molar-refractivity contribution in [3.05, 3.63) is 90.0 Å². The second-order valence-electron chi connectivity index (χ2n) is 7.72. The number of piperazine rings is 1. The SMILES string of the molecule is CC(=O)c1ccc(S(=O)(=O)N2CCN(C(=O)c3ccc(-c4ccccc4)cc3)CC2)cc1. The minimum Gasteiger partial charge on any atom is -0.336 e. The number of benzene rings is 3. The number of hydrogen-bond donors (Lipinski definition) is 0. The maximum Gasteiger partial charge on any atom is 0.253 e. The first-order valence-corrected chi connectivity index (χ1v) is 11.9. The fourth-order valence-corrected chi connectivity index (χ4v) is 5.18. The zero-order valence-corrected chi connectivity index (χ0v) is 18.6. The molecule has 1 aliphatic heterocycles. The lowest BCUT2D eigenvalue weighted by Crippen LogP contribution is -2.50. The number of carbonyl (C=O) groups is 2.